The number of pyridine rings is 1. The van der Waals surface area contributed by atoms with Gasteiger partial charge in [-0.25, -0.2) is 9.98 Å². The quantitative estimate of drug-likeness (QED) is 0.246. The van der Waals surface area contributed by atoms with Crippen LogP contribution >= 0.6 is 24.0 Å². The Morgan fingerprint density at radius 1 is 1.06 bits per heavy atom. The van der Waals surface area contributed by atoms with Gasteiger partial charge in [-0.2, -0.15) is 0 Å². The van der Waals surface area contributed by atoms with E-state index in [9.17, 15) is 0 Å². The zero-order valence-electron chi connectivity index (χ0n) is 20.5. The van der Waals surface area contributed by atoms with E-state index in [1.54, 1.807) is 0 Å². The average Bonchev–Trinajstić information content (AvgIpc) is 2.84. The van der Waals surface area contributed by atoms with Gasteiger partial charge in [0, 0.05) is 51.7 Å². The Morgan fingerprint density at radius 3 is 2.47 bits per heavy atom. The molecule has 0 atom stereocenters. The number of anilines is 1. The van der Waals surface area contributed by atoms with Gasteiger partial charge in [-0.3, -0.25) is 4.90 Å². The number of benzene rings is 2. The summed E-state index contributed by atoms with van der Waals surface area (Å²) in [5.41, 5.74) is 3.59. The van der Waals surface area contributed by atoms with Crippen LogP contribution in [0.4, 0.5) is 5.82 Å². The summed E-state index contributed by atoms with van der Waals surface area (Å²) < 4.78 is 0. The summed E-state index contributed by atoms with van der Waals surface area (Å²) in [6.45, 7) is 6.82. The molecule has 3 aromatic rings. The Balaban J connectivity index is 0.00000324. The van der Waals surface area contributed by atoms with Crippen molar-refractivity contribution in [1.29, 1.82) is 0 Å². The number of para-hydroxylation sites is 1. The largest absolute Gasteiger partial charge is 0.363 e. The molecule has 6 nitrogen and oxygen atoms in total. The number of fused-ring (bicyclic) bond motifs is 1. The standard InChI is InChI=1S/C27H36N6.HI/c1-4-28-27(30-23-14-16-33(17-15-23)20-21-10-6-5-7-11-21)29-19-22-18-26(32(2)3)31-25-13-9-8-12-24(22)25;/h5-13,18,23H,4,14-17,19-20H2,1-3H3,(H2,28,29,30);1H. The SMILES string of the molecule is CCNC(=NCc1cc(N(C)C)nc2ccccc12)NC1CCN(Cc2ccccc2)CC1.I. The maximum atomic E-state index is 4.95. The van der Waals surface area contributed by atoms with Gasteiger partial charge in [-0.15, -0.1) is 24.0 Å². The van der Waals surface area contributed by atoms with Gasteiger partial charge in [0.2, 0.25) is 0 Å². The van der Waals surface area contributed by atoms with Crippen molar-refractivity contribution in [2.24, 2.45) is 4.99 Å². The van der Waals surface area contributed by atoms with Crippen molar-refractivity contribution in [1.82, 2.24) is 20.5 Å². The third-order valence-corrected chi connectivity index (χ3v) is 6.18. The van der Waals surface area contributed by atoms with Crippen LogP contribution in [0, 0.1) is 0 Å². The number of guanidine groups is 1. The van der Waals surface area contributed by atoms with Gasteiger partial charge in [0.25, 0.3) is 0 Å². The van der Waals surface area contributed by atoms with E-state index < -0.39 is 0 Å². The highest BCUT2D eigenvalue weighted by Gasteiger charge is 2.20. The molecule has 1 saturated heterocycles. The minimum atomic E-state index is 0. The predicted molar refractivity (Wildman–Crippen MR) is 154 cm³/mol. The first-order valence-corrected chi connectivity index (χ1v) is 12.0. The molecule has 2 N–H and O–H groups in total. The summed E-state index contributed by atoms with van der Waals surface area (Å²) in [7, 11) is 4.06. The molecule has 0 aliphatic carbocycles. The van der Waals surface area contributed by atoms with Crippen LogP contribution in [0.2, 0.25) is 0 Å². The lowest BCUT2D eigenvalue weighted by molar-refractivity contribution is 0.198. The summed E-state index contributed by atoms with van der Waals surface area (Å²) in [5.74, 6) is 1.86. The lowest BCUT2D eigenvalue weighted by Gasteiger charge is -2.33. The molecule has 0 bridgehead atoms. The van der Waals surface area contributed by atoms with Crippen molar-refractivity contribution < 1.29 is 0 Å². The highest BCUT2D eigenvalue weighted by atomic mass is 127. The molecule has 0 saturated carbocycles. The van der Waals surface area contributed by atoms with Crippen LogP contribution in [-0.4, -0.2) is 55.6 Å². The number of hydrogen-bond donors (Lipinski definition) is 2. The summed E-state index contributed by atoms with van der Waals surface area (Å²) in [6, 6.07) is 21.7. The Bertz CT molecular complexity index is 1060. The molecule has 0 spiro atoms. The van der Waals surface area contributed by atoms with Crippen LogP contribution in [0.25, 0.3) is 10.9 Å². The van der Waals surface area contributed by atoms with Gasteiger partial charge in [0.05, 0.1) is 12.1 Å². The second-order valence-corrected chi connectivity index (χ2v) is 8.93. The number of halogens is 1. The molecule has 0 radical (unpaired) electrons. The van der Waals surface area contributed by atoms with E-state index in [4.69, 9.17) is 9.98 Å². The van der Waals surface area contributed by atoms with Crippen molar-refractivity contribution in [3.8, 4) is 0 Å². The normalized spacial score (nSPS) is 15.1. The van der Waals surface area contributed by atoms with Crippen LogP contribution in [0.15, 0.2) is 65.7 Å². The molecule has 182 valence electrons. The Hall–Kier alpha value is -2.39. The van der Waals surface area contributed by atoms with Crippen LogP contribution in [0.1, 0.15) is 30.9 Å². The molecule has 1 fully saturated rings. The molecule has 0 amide bonds. The van der Waals surface area contributed by atoms with E-state index in [0.717, 1.165) is 61.7 Å². The van der Waals surface area contributed by atoms with Crippen molar-refractivity contribution in [2.75, 3.05) is 38.6 Å². The first kappa shape index (κ1) is 26.2. The second-order valence-electron chi connectivity index (χ2n) is 8.93. The van der Waals surface area contributed by atoms with Gasteiger partial charge in [-0.05, 0) is 43.0 Å². The molecule has 4 rings (SSSR count). The van der Waals surface area contributed by atoms with Gasteiger partial charge in [-0.1, -0.05) is 48.5 Å². The summed E-state index contributed by atoms with van der Waals surface area (Å²) in [4.78, 5) is 14.3. The third-order valence-electron chi connectivity index (χ3n) is 6.18. The van der Waals surface area contributed by atoms with Crippen molar-refractivity contribution in [3.05, 3.63) is 71.8 Å². The maximum absolute atomic E-state index is 4.95. The zero-order chi connectivity index (χ0) is 23.0. The number of nitrogens with zero attached hydrogens (tertiary/aromatic N) is 4. The minimum Gasteiger partial charge on any atom is -0.363 e. The monoisotopic (exact) mass is 572 g/mol. The average molecular weight is 573 g/mol. The second kappa shape index (κ2) is 12.9. The molecule has 7 heteroatoms. The Morgan fingerprint density at radius 2 is 1.76 bits per heavy atom. The minimum absolute atomic E-state index is 0. The van der Waals surface area contributed by atoms with E-state index in [2.05, 4.69) is 77.1 Å². The van der Waals surface area contributed by atoms with Crippen molar-refractivity contribution >= 4 is 46.7 Å². The number of aliphatic imine (C=N–C) groups is 1. The molecule has 0 unspecified atom stereocenters. The number of nitrogens with one attached hydrogen (secondary N) is 2. The van der Waals surface area contributed by atoms with E-state index in [-0.39, 0.29) is 24.0 Å². The number of aromatic nitrogens is 1. The fraction of sp³-hybridized carbons (Fsp3) is 0.407. The van der Waals surface area contributed by atoms with Gasteiger partial charge in [0.15, 0.2) is 5.96 Å². The van der Waals surface area contributed by atoms with Gasteiger partial charge >= 0.3 is 0 Å². The molecule has 2 heterocycles. The van der Waals surface area contributed by atoms with Crippen LogP contribution in [0.3, 0.4) is 0 Å². The molecular weight excluding hydrogens is 535 g/mol. The summed E-state index contributed by atoms with van der Waals surface area (Å²) in [6.07, 6.45) is 2.25. The van der Waals surface area contributed by atoms with E-state index >= 15 is 0 Å². The fourth-order valence-electron chi connectivity index (χ4n) is 4.35. The van der Waals surface area contributed by atoms with E-state index in [1.165, 1.54) is 11.1 Å². The van der Waals surface area contributed by atoms with E-state index in [0.29, 0.717) is 12.6 Å². The van der Waals surface area contributed by atoms with E-state index in [1.807, 2.05) is 25.1 Å². The van der Waals surface area contributed by atoms with Gasteiger partial charge < -0.3 is 15.5 Å². The first-order valence-electron chi connectivity index (χ1n) is 12.0. The van der Waals surface area contributed by atoms with Crippen molar-refractivity contribution in [2.45, 2.75) is 38.9 Å². The fourth-order valence-corrected chi connectivity index (χ4v) is 4.35. The Labute approximate surface area is 220 Å². The lowest BCUT2D eigenvalue weighted by atomic mass is 10.0. The summed E-state index contributed by atoms with van der Waals surface area (Å²) >= 11 is 0. The number of piperidine rings is 1. The highest BCUT2D eigenvalue weighted by molar-refractivity contribution is 14.0. The first-order chi connectivity index (χ1) is 16.1. The van der Waals surface area contributed by atoms with Crippen LogP contribution in [0.5, 0.6) is 0 Å². The topological polar surface area (TPSA) is 55.8 Å². The zero-order valence-corrected chi connectivity index (χ0v) is 22.8. The smallest absolute Gasteiger partial charge is 0.191 e. The molecule has 34 heavy (non-hydrogen) atoms. The van der Waals surface area contributed by atoms with Gasteiger partial charge in [0.1, 0.15) is 5.82 Å². The number of hydrogen-bond acceptors (Lipinski definition) is 4. The molecular formula is C27H37IN6. The molecule has 1 aromatic heterocycles. The number of rotatable bonds is 7. The third kappa shape index (κ3) is 7.06. The molecule has 1 aliphatic rings. The maximum Gasteiger partial charge on any atom is 0.191 e. The lowest BCUT2D eigenvalue weighted by Crippen LogP contribution is -2.48. The highest BCUT2D eigenvalue weighted by Crippen LogP contribution is 2.23. The Kier molecular flexibility index (Phi) is 9.95. The van der Waals surface area contributed by atoms with Crippen LogP contribution < -0.4 is 15.5 Å². The molecule has 1 aliphatic heterocycles. The van der Waals surface area contributed by atoms with Crippen LogP contribution in [-0.2, 0) is 13.1 Å². The molecule has 2 aromatic carbocycles. The summed E-state index contributed by atoms with van der Waals surface area (Å²) in [5, 5.41) is 8.28. The number of likely N-dealkylation sites (tertiary alicyclic amines) is 1. The predicted octanol–water partition coefficient (Wildman–Crippen LogP) is 4.64. The van der Waals surface area contributed by atoms with Crippen molar-refractivity contribution in [3.63, 3.8) is 0 Å².